The molecule has 0 saturated carbocycles. The van der Waals surface area contributed by atoms with E-state index in [2.05, 4.69) is 17.1 Å². The van der Waals surface area contributed by atoms with Gasteiger partial charge < -0.3 is 5.73 Å². The van der Waals surface area contributed by atoms with Crippen molar-refractivity contribution in [2.45, 2.75) is 30.6 Å². The van der Waals surface area contributed by atoms with Crippen LogP contribution < -0.4 is 5.73 Å². The summed E-state index contributed by atoms with van der Waals surface area (Å²) in [6.45, 7) is 1.40. The number of aryl methyl sites for hydroxylation is 1. The van der Waals surface area contributed by atoms with E-state index in [1.165, 1.54) is 5.56 Å². The lowest BCUT2D eigenvalue weighted by Crippen LogP contribution is -2.34. The Bertz CT molecular complexity index is 986. The van der Waals surface area contributed by atoms with Gasteiger partial charge in [0.25, 0.3) is 0 Å². The van der Waals surface area contributed by atoms with Gasteiger partial charge in [-0.1, -0.05) is 42.5 Å². The second-order valence-corrected chi connectivity index (χ2v) is 8.75. The van der Waals surface area contributed by atoms with Gasteiger partial charge in [-0.15, -0.1) is 0 Å². The number of fused-ring (bicyclic) bond motifs is 1. The molecule has 0 aliphatic heterocycles. The molecular weight excluding hydrogens is 370 g/mol. The SMILES string of the molecule is NCCCN(CCCCc1ccccc1)S(=O)(=O)c1cccc2cnccc12. The van der Waals surface area contributed by atoms with Crippen LogP contribution in [0.15, 0.2) is 71.9 Å². The van der Waals surface area contributed by atoms with Crippen molar-refractivity contribution in [1.29, 1.82) is 0 Å². The van der Waals surface area contributed by atoms with Crippen molar-refractivity contribution in [2.75, 3.05) is 19.6 Å². The number of nitrogens with two attached hydrogens (primary N) is 1. The zero-order valence-corrected chi connectivity index (χ0v) is 16.8. The fourth-order valence-corrected chi connectivity index (χ4v) is 5.07. The molecule has 0 fully saturated rings. The summed E-state index contributed by atoms with van der Waals surface area (Å²) in [6.07, 6.45) is 6.67. The minimum atomic E-state index is -3.60. The predicted octanol–water partition coefficient (Wildman–Crippen LogP) is 3.60. The lowest BCUT2D eigenvalue weighted by Gasteiger charge is -2.23. The third-order valence-corrected chi connectivity index (χ3v) is 6.79. The van der Waals surface area contributed by atoms with E-state index in [1.807, 2.05) is 24.3 Å². The highest BCUT2D eigenvalue weighted by molar-refractivity contribution is 7.89. The standard InChI is InChI=1S/C22H27N3O2S/c23-14-7-17-25(16-5-4-10-19-8-2-1-3-9-19)28(26,27)22-12-6-11-20-18-24-15-13-21(20)22/h1-3,6,8-9,11-13,15,18H,4-5,7,10,14,16-17,23H2. The van der Waals surface area contributed by atoms with Gasteiger partial charge in [0.15, 0.2) is 0 Å². The maximum atomic E-state index is 13.4. The molecule has 3 aromatic rings. The van der Waals surface area contributed by atoms with Crippen LogP contribution in [0.25, 0.3) is 10.8 Å². The fourth-order valence-electron chi connectivity index (χ4n) is 3.34. The average molecular weight is 398 g/mol. The number of sulfonamides is 1. The Labute approximate surface area is 167 Å². The molecule has 2 aromatic carbocycles. The number of hydrogen-bond acceptors (Lipinski definition) is 4. The molecule has 0 amide bonds. The van der Waals surface area contributed by atoms with E-state index in [9.17, 15) is 8.42 Å². The Kier molecular flexibility index (Phi) is 7.14. The van der Waals surface area contributed by atoms with Gasteiger partial charge in [-0.3, -0.25) is 4.98 Å². The molecule has 2 N–H and O–H groups in total. The van der Waals surface area contributed by atoms with Crippen LogP contribution in [-0.4, -0.2) is 37.3 Å². The molecule has 5 nitrogen and oxygen atoms in total. The number of aromatic nitrogens is 1. The second-order valence-electron chi connectivity index (χ2n) is 6.84. The Morgan fingerprint density at radius 3 is 2.46 bits per heavy atom. The summed E-state index contributed by atoms with van der Waals surface area (Å²) in [7, 11) is -3.60. The van der Waals surface area contributed by atoms with E-state index in [0.717, 1.165) is 24.6 Å². The minimum Gasteiger partial charge on any atom is -0.330 e. The fraction of sp³-hybridized carbons (Fsp3) is 0.318. The maximum Gasteiger partial charge on any atom is 0.243 e. The van der Waals surface area contributed by atoms with E-state index < -0.39 is 10.0 Å². The molecule has 0 radical (unpaired) electrons. The molecule has 0 spiro atoms. The van der Waals surface area contributed by atoms with E-state index in [0.29, 0.717) is 36.3 Å². The molecule has 0 aliphatic rings. The van der Waals surface area contributed by atoms with Gasteiger partial charge in [0.2, 0.25) is 10.0 Å². The highest BCUT2D eigenvalue weighted by atomic mass is 32.2. The first-order valence-corrected chi connectivity index (χ1v) is 11.1. The van der Waals surface area contributed by atoms with Gasteiger partial charge in [0, 0.05) is 36.3 Å². The van der Waals surface area contributed by atoms with Crippen LogP contribution in [-0.2, 0) is 16.4 Å². The van der Waals surface area contributed by atoms with Crippen LogP contribution in [0.1, 0.15) is 24.8 Å². The van der Waals surface area contributed by atoms with Crippen LogP contribution in [0.4, 0.5) is 0 Å². The average Bonchev–Trinajstić information content (AvgIpc) is 2.73. The molecule has 0 bridgehead atoms. The topological polar surface area (TPSA) is 76.3 Å². The first kappa shape index (κ1) is 20.5. The third kappa shape index (κ3) is 4.95. The van der Waals surface area contributed by atoms with E-state index in [4.69, 9.17) is 5.73 Å². The Morgan fingerprint density at radius 2 is 1.68 bits per heavy atom. The number of unbranched alkanes of at least 4 members (excludes halogenated alkanes) is 1. The zero-order chi connectivity index (χ0) is 19.8. The van der Waals surface area contributed by atoms with Crippen LogP contribution in [0.2, 0.25) is 0 Å². The lowest BCUT2D eigenvalue weighted by molar-refractivity contribution is 0.396. The monoisotopic (exact) mass is 397 g/mol. The van der Waals surface area contributed by atoms with E-state index >= 15 is 0 Å². The minimum absolute atomic E-state index is 0.340. The van der Waals surface area contributed by atoms with Crippen LogP contribution in [0.5, 0.6) is 0 Å². The number of benzene rings is 2. The van der Waals surface area contributed by atoms with Gasteiger partial charge in [-0.25, -0.2) is 8.42 Å². The summed E-state index contributed by atoms with van der Waals surface area (Å²) in [5.74, 6) is 0. The molecule has 0 atom stereocenters. The molecule has 0 unspecified atom stereocenters. The molecule has 28 heavy (non-hydrogen) atoms. The largest absolute Gasteiger partial charge is 0.330 e. The number of nitrogens with zero attached hydrogens (tertiary/aromatic N) is 2. The third-order valence-electron chi connectivity index (χ3n) is 4.84. The summed E-state index contributed by atoms with van der Waals surface area (Å²) in [6, 6.07) is 17.4. The Morgan fingerprint density at radius 1 is 0.893 bits per heavy atom. The molecule has 6 heteroatoms. The summed E-state index contributed by atoms with van der Waals surface area (Å²) >= 11 is 0. The molecule has 148 valence electrons. The number of pyridine rings is 1. The van der Waals surface area contributed by atoms with Crippen molar-refractivity contribution in [2.24, 2.45) is 5.73 Å². The summed E-state index contributed by atoms with van der Waals surface area (Å²) in [5, 5.41) is 1.53. The van der Waals surface area contributed by atoms with Crippen molar-refractivity contribution >= 4 is 20.8 Å². The van der Waals surface area contributed by atoms with E-state index in [-0.39, 0.29) is 0 Å². The highest BCUT2D eigenvalue weighted by Crippen LogP contribution is 2.25. The van der Waals surface area contributed by atoms with Crippen molar-refractivity contribution in [3.8, 4) is 0 Å². The summed E-state index contributed by atoms with van der Waals surface area (Å²) in [4.78, 5) is 4.44. The molecule has 1 aromatic heterocycles. The van der Waals surface area contributed by atoms with Gasteiger partial charge in [0.1, 0.15) is 0 Å². The molecule has 1 heterocycles. The first-order valence-electron chi connectivity index (χ1n) is 9.70. The summed E-state index contributed by atoms with van der Waals surface area (Å²) < 4.78 is 28.3. The molecule has 3 rings (SSSR count). The zero-order valence-electron chi connectivity index (χ0n) is 16.0. The summed E-state index contributed by atoms with van der Waals surface area (Å²) in [5.41, 5.74) is 6.93. The van der Waals surface area contributed by atoms with Crippen LogP contribution in [0.3, 0.4) is 0 Å². The lowest BCUT2D eigenvalue weighted by atomic mass is 10.1. The van der Waals surface area contributed by atoms with Crippen molar-refractivity contribution in [3.63, 3.8) is 0 Å². The van der Waals surface area contributed by atoms with Crippen molar-refractivity contribution in [1.82, 2.24) is 9.29 Å². The molecule has 0 saturated heterocycles. The molecular formula is C22H27N3O2S. The van der Waals surface area contributed by atoms with Crippen LogP contribution in [0, 0.1) is 0 Å². The normalized spacial score (nSPS) is 11.9. The maximum absolute atomic E-state index is 13.4. The number of hydrogen-bond donors (Lipinski definition) is 1. The Balaban J connectivity index is 1.75. The van der Waals surface area contributed by atoms with Crippen LogP contribution >= 0.6 is 0 Å². The second kappa shape index (κ2) is 9.78. The highest BCUT2D eigenvalue weighted by Gasteiger charge is 2.25. The van der Waals surface area contributed by atoms with Crippen molar-refractivity contribution in [3.05, 3.63) is 72.6 Å². The van der Waals surface area contributed by atoms with Crippen molar-refractivity contribution < 1.29 is 8.42 Å². The molecule has 0 aliphatic carbocycles. The smallest absolute Gasteiger partial charge is 0.243 e. The van der Waals surface area contributed by atoms with E-state index in [1.54, 1.807) is 34.9 Å². The van der Waals surface area contributed by atoms with Gasteiger partial charge in [-0.2, -0.15) is 4.31 Å². The van der Waals surface area contributed by atoms with Gasteiger partial charge in [-0.05, 0) is 49.9 Å². The van der Waals surface area contributed by atoms with Gasteiger partial charge >= 0.3 is 0 Å². The Hall–Kier alpha value is -2.28. The predicted molar refractivity (Wildman–Crippen MR) is 114 cm³/mol. The van der Waals surface area contributed by atoms with Gasteiger partial charge in [0.05, 0.1) is 4.90 Å². The quantitative estimate of drug-likeness (QED) is 0.530. The number of rotatable bonds is 10. The first-order chi connectivity index (χ1) is 13.6.